The summed E-state index contributed by atoms with van der Waals surface area (Å²) in [5, 5.41) is 14.0. The molecule has 0 saturated heterocycles. The number of nitrogens with zero attached hydrogens (tertiary/aromatic N) is 3. The van der Waals surface area contributed by atoms with Crippen molar-refractivity contribution >= 4 is 29.0 Å². The van der Waals surface area contributed by atoms with E-state index in [2.05, 4.69) is 15.5 Å². The van der Waals surface area contributed by atoms with E-state index < -0.39 is 0 Å². The number of aromatic nitrogens is 3. The zero-order chi connectivity index (χ0) is 19.3. The molecule has 8 heteroatoms. The molecule has 4 rings (SSSR count). The molecule has 0 spiro atoms. The molecule has 0 aliphatic heterocycles. The molecule has 0 aliphatic carbocycles. The Morgan fingerprint density at radius 1 is 1.18 bits per heavy atom. The fourth-order valence-corrected chi connectivity index (χ4v) is 4.25. The van der Waals surface area contributed by atoms with Gasteiger partial charge in [0.05, 0.1) is 22.9 Å². The molecular formula is C20H18N4O2S2. The topological polar surface area (TPSA) is 73.0 Å². The van der Waals surface area contributed by atoms with Gasteiger partial charge in [-0.1, -0.05) is 36.0 Å². The van der Waals surface area contributed by atoms with Crippen molar-refractivity contribution in [2.75, 3.05) is 0 Å². The molecule has 28 heavy (non-hydrogen) atoms. The minimum absolute atomic E-state index is 0.0818. The molecule has 0 fully saturated rings. The van der Waals surface area contributed by atoms with E-state index in [1.165, 1.54) is 11.8 Å². The molecule has 0 saturated carbocycles. The number of para-hydroxylation sites is 1. The smallest absolute Gasteiger partial charge is 0.233 e. The maximum atomic E-state index is 12.5. The molecule has 1 atom stereocenters. The van der Waals surface area contributed by atoms with Crippen molar-refractivity contribution in [3.05, 3.63) is 72.0 Å². The number of thiophene rings is 1. The van der Waals surface area contributed by atoms with Gasteiger partial charge < -0.3 is 9.73 Å². The summed E-state index contributed by atoms with van der Waals surface area (Å²) in [5.74, 6) is 1.41. The summed E-state index contributed by atoms with van der Waals surface area (Å²) in [7, 11) is 0. The van der Waals surface area contributed by atoms with Crippen LogP contribution in [0, 0.1) is 0 Å². The Balaban J connectivity index is 1.56. The third-order valence-corrected chi connectivity index (χ3v) is 5.97. The number of nitrogens with one attached hydrogen (secondary N) is 1. The first kappa shape index (κ1) is 18.5. The van der Waals surface area contributed by atoms with Gasteiger partial charge in [0.25, 0.3) is 0 Å². The normalized spacial score (nSPS) is 12.0. The third kappa shape index (κ3) is 4.02. The number of thioether (sulfide) groups is 1. The van der Waals surface area contributed by atoms with Crippen molar-refractivity contribution < 1.29 is 9.21 Å². The van der Waals surface area contributed by atoms with Crippen molar-refractivity contribution in [2.24, 2.45) is 0 Å². The number of benzene rings is 1. The highest BCUT2D eigenvalue weighted by molar-refractivity contribution is 8.00. The number of rotatable bonds is 7. The van der Waals surface area contributed by atoms with Gasteiger partial charge in [0.2, 0.25) is 5.91 Å². The monoisotopic (exact) mass is 410 g/mol. The number of hydrogen-bond donors (Lipinski definition) is 1. The SMILES string of the molecule is C[C@H](Sc1nnc(-c2cccs2)n1-c1ccccc1)C(=O)NCc1ccco1. The van der Waals surface area contributed by atoms with Gasteiger partial charge >= 0.3 is 0 Å². The minimum Gasteiger partial charge on any atom is -0.467 e. The standard InChI is InChI=1S/C20H18N4O2S2/c1-14(19(25)21-13-16-9-5-11-26-16)28-20-23-22-18(17-10-6-12-27-17)24(20)15-7-3-2-4-8-15/h2-12,14H,13H2,1H3,(H,21,25)/t14-/m0/s1. The molecule has 0 aliphatic rings. The van der Waals surface area contributed by atoms with Gasteiger partial charge in [-0.15, -0.1) is 21.5 Å². The van der Waals surface area contributed by atoms with E-state index in [0.717, 1.165) is 22.1 Å². The van der Waals surface area contributed by atoms with Crippen LogP contribution >= 0.6 is 23.1 Å². The van der Waals surface area contributed by atoms with Crippen LogP contribution < -0.4 is 5.32 Å². The predicted molar refractivity (Wildman–Crippen MR) is 111 cm³/mol. The van der Waals surface area contributed by atoms with Crippen LogP contribution in [0.15, 0.2) is 75.8 Å². The van der Waals surface area contributed by atoms with E-state index in [9.17, 15) is 4.79 Å². The molecule has 1 N–H and O–H groups in total. The molecule has 1 aromatic carbocycles. The van der Waals surface area contributed by atoms with E-state index in [1.54, 1.807) is 23.7 Å². The number of furan rings is 1. The maximum absolute atomic E-state index is 12.5. The highest BCUT2D eigenvalue weighted by atomic mass is 32.2. The third-order valence-electron chi connectivity index (χ3n) is 4.06. The van der Waals surface area contributed by atoms with Gasteiger partial charge in [0, 0.05) is 5.69 Å². The second-order valence-corrected chi connectivity index (χ2v) is 8.27. The Kier molecular flexibility index (Phi) is 5.59. The largest absolute Gasteiger partial charge is 0.467 e. The summed E-state index contributed by atoms with van der Waals surface area (Å²) >= 11 is 2.99. The van der Waals surface area contributed by atoms with E-state index >= 15 is 0 Å². The van der Waals surface area contributed by atoms with Crippen molar-refractivity contribution in [1.29, 1.82) is 0 Å². The summed E-state index contributed by atoms with van der Waals surface area (Å²) in [6, 6.07) is 17.6. The van der Waals surface area contributed by atoms with Gasteiger partial charge in [-0.3, -0.25) is 9.36 Å². The van der Waals surface area contributed by atoms with Crippen LogP contribution in [0.1, 0.15) is 12.7 Å². The van der Waals surface area contributed by atoms with Crippen LogP contribution in [0.5, 0.6) is 0 Å². The van der Waals surface area contributed by atoms with E-state index in [-0.39, 0.29) is 11.2 Å². The molecular weight excluding hydrogens is 392 g/mol. The van der Waals surface area contributed by atoms with Crippen molar-refractivity contribution in [2.45, 2.75) is 23.9 Å². The lowest BCUT2D eigenvalue weighted by Gasteiger charge is -2.13. The first-order valence-electron chi connectivity index (χ1n) is 8.74. The maximum Gasteiger partial charge on any atom is 0.233 e. The molecule has 142 valence electrons. The van der Waals surface area contributed by atoms with E-state index in [0.29, 0.717) is 11.7 Å². The second kappa shape index (κ2) is 8.45. The van der Waals surface area contributed by atoms with Crippen LogP contribution in [0.3, 0.4) is 0 Å². The highest BCUT2D eigenvalue weighted by Gasteiger charge is 2.22. The number of carbonyl (C=O) groups is 1. The lowest BCUT2D eigenvalue weighted by atomic mass is 10.3. The Bertz CT molecular complexity index is 1030. The summed E-state index contributed by atoms with van der Waals surface area (Å²) in [5.41, 5.74) is 0.960. The van der Waals surface area contributed by atoms with Crippen LogP contribution in [0.2, 0.25) is 0 Å². The van der Waals surface area contributed by atoms with Crippen molar-refractivity contribution in [3.63, 3.8) is 0 Å². The van der Waals surface area contributed by atoms with Gasteiger partial charge in [-0.25, -0.2) is 0 Å². The second-order valence-electron chi connectivity index (χ2n) is 6.01. The predicted octanol–water partition coefficient (Wildman–Crippen LogP) is 4.39. The average Bonchev–Trinajstić information content (AvgIpc) is 3.47. The Morgan fingerprint density at radius 2 is 2.04 bits per heavy atom. The van der Waals surface area contributed by atoms with Gasteiger partial charge in [0.1, 0.15) is 5.76 Å². The summed E-state index contributed by atoms with van der Waals surface area (Å²) in [6.07, 6.45) is 1.59. The Labute approximate surface area is 170 Å². The Hall–Kier alpha value is -2.84. The van der Waals surface area contributed by atoms with Crippen LogP contribution in [0.4, 0.5) is 0 Å². The molecule has 6 nitrogen and oxygen atoms in total. The lowest BCUT2D eigenvalue weighted by Crippen LogP contribution is -2.30. The van der Waals surface area contributed by atoms with Crippen LogP contribution in [-0.4, -0.2) is 25.9 Å². The lowest BCUT2D eigenvalue weighted by molar-refractivity contribution is -0.120. The molecule has 3 aromatic heterocycles. The van der Waals surface area contributed by atoms with Crippen LogP contribution in [0.25, 0.3) is 16.4 Å². The van der Waals surface area contributed by atoms with Crippen LogP contribution in [-0.2, 0) is 11.3 Å². The van der Waals surface area contributed by atoms with Crippen molar-refractivity contribution in [1.82, 2.24) is 20.1 Å². The van der Waals surface area contributed by atoms with Crippen molar-refractivity contribution in [3.8, 4) is 16.4 Å². The summed E-state index contributed by atoms with van der Waals surface area (Å²) in [6.45, 7) is 2.22. The average molecular weight is 411 g/mol. The van der Waals surface area contributed by atoms with E-state index in [1.807, 2.05) is 65.4 Å². The number of carbonyl (C=O) groups excluding carboxylic acids is 1. The summed E-state index contributed by atoms with van der Waals surface area (Å²) < 4.78 is 7.25. The fraction of sp³-hybridized carbons (Fsp3) is 0.150. The number of hydrogen-bond acceptors (Lipinski definition) is 6. The molecule has 0 unspecified atom stereocenters. The molecule has 0 bridgehead atoms. The molecule has 4 aromatic rings. The highest BCUT2D eigenvalue weighted by Crippen LogP contribution is 2.32. The van der Waals surface area contributed by atoms with Gasteiger partial charge in [-0.05, 0) is 42.6 Å². The van der Waals surface area contributed by atoms with Gasteiger partial charge in [0.15, 0.2) is 11.0 Å². The Morgan fingerprint density at radius 3 is 2.75 bits per heavy atom. The molecule has 3 heterocycles. The van der Waals surface area contributed by atoms with E-state index in [4.69, 9.17) is 4.42 Å². The quantitative estimate of drug-likeness (QED) is 0.458. The molecule has 1 amide bonds. The fourth-order valence-electron chi connectivity index (χ4n) is 2.66. The number of amides is 1. The first-order chi connectivity index (χ1) is 13.7. The summed E-state index contributed by atoms with van der Waals surface area (Å²) in [4.78, 5) is 13.5. The zero-order valence-electron chi connectivity index (χ0n) is 15.1. The minimum atomic E-state index is -0.335. The molecule has 0 radical (unpaired) electrons. The first-order valence-corrected chi connectivity index (χ1v) is 10.5. The zero-order valence-corrected chi connectivity index (χ0v) is 16.7. The van der Waals surface area contributed by atoms with Gasteiger partial charge in [-0.2, -0.15) is 0 Å².